The van der Waals surface area contributed by atoms with Gasteiger partial charge in [-0.05, 0) is 61.4 Å². The molecule has 4 amide bonds. The van der Waals surface area contributed by atoms with Gasteiger partial charge in [-0.3, -0.25) is 14.9 Å². The first-order valence-corrected chi connectivity index (χ1v) is 10.3. The molecule has 31 heavy (non-hydrogen) atoms. The van der Waals surface area contributed by atoms with E-state index in [0.29, 0.717) is 35.8 Å². The van der Waals surface area contributed by atoms with Gasteiger partial charge in [-0.1, -0.05) is 22.0 Å². The first-order valence-electron chi connectivity index (χ1n) is 9.51. The minimum Gasteiger partial charge on any atom is -0.493 e. The van der Waals surface area contributed by atoms with Gasteiger partial charge in [-0.15, -0.1) is 6.58 Å². The van der Waals surface area contributed by atoms with E-state index in [1.165, 1.54) is 6.08 Å². The third-order valence-corrected chi connectivity index (χ3v) is 5.05. The first-order chi connectivity index (χ1) is 14.9. The summed E-state index contributed by atoms with van der Waals surface area (Å²) >= 11 is 3.32. The molecule has 0 aromatic heterocycles. The fourth-order valence-electron chi connectivity index (χ4n) is 3.22. The quantitative estimate of drug-likeness (QED) is 0.360. The maximum atomic E-state index is 13.1. The Labute approximate surface area is 188 Å². The Morgan fingerprint density at radius 2 is 1.87 bits per heavy atom. The van der Waals surface area contributed by atoms with Crippen LogP contribution in [0.15, 0.2) is 59.1 Å². The maximum Gasteiger partial charge on any atom is 0.335 e. The molecule has 1 heterocycles. The van der Waals surface area contributed by atoms with Crippen LogP contribution in [0.5, 0.6) is 11.5 Å². The molecule has 0 spiro atoms. The fourth-order valence-corrected chi connectivity index (χ4v) is 3.48. The van der Waals surface area contributed by atoms with Crippen LogP contribution in [0, 0.1) is 0 Å². The van der Waals surface area contributed by atoms with Gasteiger partial charge < -0.3 is 9.47 Å². The number of benzene rings is 2. The molecule has 0 unspecified atom stereocenters. The van der Waals surface area contributed by atoms with Crippen molar-refractivity contribution in [3.63, 3.8) is 0 Å². The van der Waals surface area contributed by atoms with Crippen molar-refractivity contribution >= 4 is 45.5 Å². The van der Waals surface area contributed by atoms with Gasteiger partial charge >= 0.3 is 6.03 Å². The molecule has 0 radical (unpaired) electrons. The van der Waals surface area contributed by atoms with Gasteiger partial charge in [-0.2, -0.15) is 0 Å². The molecule has 0 aliphatic carbocycles. The lowest BCUT2D eigenvalue weighted by Gasteiger charge is -2.26. The van der Waals surface area contributed by atoms with Crippen LogP contribution in [0.1, 0.15) is 18.1 Å². The fraction of sp³-hybridized carbons (Fsp3) is 0.174. The second-order valence-electron chi connectivity index (χ2n) is 6.57. The number of methoxy groups -OCH3 is 1. The van der Waals surface area contributed by atoms with Gasteiger partial charge in [-0.25, -0.2) is 9.69 Å². The average Bonchev–Trinajstić information content (AvgIpc) is 2.73. The lowest BCUT2D eigenvalue weighted by molar-refractivity contribution is -0.122. The van der Waals surface area contributed by atoms with E-state index in [4.69, 9.17) is 9.47 Å². The maximum absolute atomic E-state index is 13.1. The van der Waals surface area contributed by atoms with Crippen LogP contribution >= 0.6 is 15.9 Å². The number of hydrogen-bond acceptors (Lipinski definition) is 5. The van der Waals surface area contributed by atoms with Gasteiger partial charge in [0.15, 0.2) is 11.5 Å². The molecule has 7 nitrogen and oxygen atoms in total. The number of carbonyl (C=O) groups excluding carboxylic acids is 3. The highest BCUT2D eigenvalue weighted by molar-refractivity contribution is 9.10. The van der Waals surface area contributed by atoms with Gasteiger partial charge in [0, 0.05) is 10.0 Å². The SMILES string of the molecule is C=CCc1cc(/C=C2\C(=O)NC(=O)N(c3ccc(Br)cc3)C2=O)cc(OCC)c1OC. The topological polar surface area (TPSA) is 84.9 Å². The highest BCUT2D eigenvalue weighted by Gasteiger charge is 2.36. The second kappa shape index (κ2) is 9.61. The number of imide groups is 2. The van der Waals surface area contributed by atoms with Crippen molar-refractivity contribution in [3.8, 4) is 11.5 Å². The number of anilines is 1. The smallest absolute Gasteiger partial charge is 0.335 e. The number of rotatable bonds is 7. The Balaban J connectivity index is 2.07. The Kier molecular flexibility index (Phi) is 6.91. The van der Waals surface area contributed by atoms with Gasteiger partial charge in [0.1, 0.15) is 5.57 Å². The average molecular weight is 485 g/mol. The summed E-state index contributed by atoms with van der Waals surface area (Å²) in [4.78, 5) is 38.8. The summed E-state index contributed by atoms with van der Waals surface area (Å²) in [5.74, 6) is -0.423. The van der Waals surface area contributed by atoms with E-state index in [-0.39, 0.29) is 5.57 Å². The number of halogens is 1. The van der Waals surface area contributed by atoms with Crippen molar-refractivity contribution < 1.29 is 23.9 Å². The molecule has 1 saturated heterocycles. The molecule has 160 valence electrons. The summed E-state index contributed by atoms with van der Waals surface area (Å²) in [6, 6.07) is 9.30. The highest BCUT2D eigenvalue weighted by atomic mass is 79.9. The van der Waals surface area contributed by atoms with Crippen LogP contribution in [-0.4, -0.2) is 31.6 Å². The van der Waals surface area contributed by atoms with Gasteiger partial charge in [0.05, 0.1) is 19.4 Å². The number of nitrogens with one attached hydrogen (secondary N) is 1. The third-order valence-electron chi connectivity index (χ3n) is 4.52. The number of nitrogens with zero attached hydrogens (tertiary/aromatic N) is 1. The monoisotopic (exact) mass is 484 g/mol. The van der Waals surface area contributed by atoms with Crippen molar-refractivity contribution in [1.82, 2.24) is 5.32 Å². The molecule has 1 aliphatic heterocycles. The number of carbonyl (C=O) groups is 3. The van der Waals surface area contributed by atoms with E-state index >= 15 is 0 Å². The Morgan fingerprint density at radius 1 is 1.16 bits per heavy atom. The number of amides is 4. The Morgan fingerprint density at radius 3 is 2.48 bits per heavy atom. The summed E-state index contributed by atoms with van der Waals surface area (Å²) in [7, 11) is 1.54. The predicted octanol–water partition coefficient (Wildman–Crippen LogP) is 4.25. The molecule has 2 aromatic rings. The predicted molar refractivity (Wildman–Crippen MR) is 121 cm³/mol. The Bertz CT molecular complexity index is 1080. The minimum absolute atomic E-state index is 0.167. The molecular formula is C23H21BrN2O5. The number of urea groups is 1. The van der Waals surface area contributed by atoms with Crippen LogP contribution in [0.3, 0.4) is 0 Å². The normalized spacial score (nSPS) is 15.1. The molecule has 1 fully saturated rings. The summed E-state index contributed by atoms with van der Waals surface area (Å²) in [5.41, 5.74) is 1.53. The van der Waals surface area contributed by atoms with E-state index in [1.807, 2.05) is 6.92 Å². The van der Waals surface area contributed by atoms with Crippen molar-refractivity contribution in [1.29, 1.82) is 0 Å². The summed E-state index contributed by atoms with van der Waals surface area (Å²) in [5, 5.41) is 2.22. The number of barbiturate groups is 1. The van der Waals surface area contributed by atoms with Gasteiger partial charge in [0.25, 0.3) is 11.8 Å². The zero-order valence-corrected chi connectivity index (χ0v) is 18.7. The van der Waals surface area contributed by atoms with Crippen LogP contribution in [-0.2, 0) is 16.0 Å². The second-order valence-corrected chi connectivity index (χ2v) is 7.49. The molecule has 3 rings (SSSR count). The van der Waals surface area contributed by atoms with E-state index in [2.05, 4.69) is 27.8 Å². The van der Waals surface area contributed by atoms with E-state index in [0.717, 1.165) is 14.9 Å². The van der Waals surface area contributed by atoms with Crippen molar-refractivity contribution in [2.24, 2.45) is 0 Å². The molecular weight excluding hydrogens is 464 g/mol. The van der Waals surface area contributed by atoms with Crippen molar-refractivity contribution in [3.05, 3.63) is 70.2 Å². The lowest BCUT2D eigenvalue weighted by Crippen LogP contribution is -2.54. The molecule has 0 saturated carbocycles. The summed E-state index contributed by atoms with van der Waals surface area (Å²) < 4.78 is 11.9. The van der Waals surface area contributed by atoms with Crippen molar-refractivity contribution in [2.45, 2.75) is 13.3 Å². The standard InChI is InChI=1S/C23H21BrN2O5/c1-4-6-15-11-14(13-19(31-5-2)20(15)30-3)12-18-21(27)25-23(29)26(22(18)28)17-9-7-16(24)8-10-17/h4,7-13H,1,5-6H2,2-3H3,(H,25,27,29)/b18-12+. The van der Waals surface area contributed by atoms with Crippen LogP contribution < -0.4 is 19.7 Å². The number of hydrogen-bond donors (Lipinski definition) is 1. The third kappa shape index (κ3) is 4.69. The molecule has 1 aliphatic rings. The van der Waals surface area contributed by atoms with E-state index in [9.17, 15) is 14.4 Å². The molecule has 8 heteroatoms. The number of allylic oxidation sites excluding steroid dienone is 1. The molecule has 0 bridgehead atoms. The summed E-state index contributed by atoms with van der Waals surface area (Å²) in [6.45, 7) is 6.01. The van der Waals surface area contributed by atoms with Gasteiger partial charge in [0.2, 0.25) is 0 Å². The molecule has 0 atom stereocenters. The van der Waals surface area contributed by atoms with E-state index < -0.39 is 17.8 Å². The lowest BCUT2D eigenvalue weighted by atomic mass is 10.0. The van der Waals surface area contributed by atoms with Crippen LogP contribution in [0.25, 0.3) is 6.08 Å². The minimum atomic E-state index is -0.799. The van der Waals surface area contributed by atoms with E-state index in [1.54, 1.807) is 49.6 Å². The molecule has 2 aromatic carbocycles. The number of ether oxygens (including phenoxy) is 2. The zero-order chi connectivity index (χ0) is 22.5. The Hall–Kier alpha value is -3.39. The summed E-state index contributed by atoms with van der Waals surface area (Å²) in [6.07, 6.45) is 3.66. The van der Waals surface area contributed by atoms with Crippen molar-refractivity contribution in [2.75, 3.05) is 18.6 Å². The largest absolute Gasteiger partial charge is 0.493 e. The first kappa shape index (κ1) is 22.3. The molecule has 1 N–H and O–H groups in total. The van der Waals surface area contributed by atoms with Crippen LogP contribution in [0.4, 0.5) is 10.5 Å². The van der Waals surface area contributed by atoms with Crippen LogP contribution in [0.2, 0.25) is 0 Å². The highest BCUT2D eigenvalue weighted by Crippen LogP contribution is 2.34. The zero-order valence-electron chi connectivity index (χ0n) is 17.1.